The van der Waals surface area contributed by atoms with E-state index in [1.807, 2.05) is 24.3 Å². The van der Waals surface area contributed by atoms with Crippen LogP contribution in [0.1, 0.15) is 38.5 Å². The summed E-state index contributed by atoms with van der Waals surface area (Å²) in [6.07, 6.45) is 9.46. The molecule has 2 fully saturated rings. The number of aromatic nitrogens is 3. The molecule has 1 aliphatic carbocycles. The number of hydrogen-bond donors (Lipinski definition) is 0. The first-order valence-electron chi connectivity index (χ1n) is 11.1. The van der Waals surface area contributed by atoms with E-state index < -0.39 is 0 Å². The molecular weight excluding hydrogens is 412 g/mol. The molecule has 2 aliphatic rings. The molecule has 0 unspecified atom stereocenters. The smallest absolute Gasteiger partial charge is 0.261 e. The minimum Gasteiger partial charge on any atom is -0.490 e. The van der Waals surface area contributed by atoms with E-state index in [0.29, 0.717) is 16.7 Å². The predicted molar refractivity (Wildman–Crippen MR) is 123 cm³/mol. The maximum absolute atomic E-state index is 12.7. The van der Waals surface area contributed by atoms with Crippen molar-refractivity contribution in [2.24, 2.45) is 7.05 Å². The van der Waals surface area contributed by atoms with Gasteiger partial charge in [0.05, 0.1) is 17.1 Å². The summed E-state index contributed by atoms with van der Waals surface area (Å²) < 4.78 is 7.80. The van der Waals surface area contributed by atoms with Gasteiger partial charge < -0.3 is 9.64 Å². The van der Waals surface area contributed by atoms with Crippen molar-refractivity contribution < 1.29 is 4.74 Å². The van der Waals surface area contributed by atoms with Crippen LogP contribution in [0.2, 0.25) is 5.15 Å². The molecule has 0 amide bonds. The lowest BCUT2D eigenvalue weighted by Crippen LogP contribution is -2.43. The van der Waals surface area contributed by atoms with Crippen LogP contribution in [0.5, 0.6) is 5.75 Å². The van der Waals surface area contributed by atoms with Crippen molar-refractivity contribution in [2.45, 2.75) is 50.7 Å². The Kier molecular flexibility index (Phi) is 5.67. The zero-order chi connectivity index (χ0) is 21.4. The van der Waals surface area contributed by atoms with Crippen LogP contribution in [-0.2, 0) is 7.05 Å². The van der Waals surface area contributed by atoms with Crippen LogP contribution in [0.4, 0.5) is 0 Å². The van der Waals surface area contributed by atoms with E-state index in [0.717, 1.165) is 43.3 Å². The number of benzene rings is 1. The highest BCUT2D eigenvalue weighted by atomic mass is 35.5. The average molecular weight is 439 g/mol. The fourth-order valence-corrected chi connectivity index (χ4v) is 5.07. The SMILES string of the molecule is Cn1c(-c2ccc(OC3CCN(C4CCCC4)CC3)cc2)nc2cnc(Cl)cc2c1=O. The van der Waals surface area contributed by atoms with E-state index in [-0.39, 0.29) is 16.8 Å². The maximum Gasteiger partial charge on any atom is 0.261 e. The minimum absolute atomic E-state index is 0.140. The fraction of sp³-hybridized carbons (Fsp3) is 0.458. The van der Waals surface area contributed by atoms with Gasteiger partial charge in [0.15, 0.2) is 0 Å². The summed E-state index contributed by atoms with van der Waals surface area (Å²) in [7, 11) is 1.72. The lowest BCUT2D eigenvalue weighted by atomic mass is 10.0. The van der Waals surface area contributed by atoms with E-state index >= 15 is 0 Å². The number of ether oxygens (including phenoxy) is 1. The zero-order valence-corrected chi connectivity index (χ0v) is 18.5. The highest BCUT2D eigenvalue weighted by Gasteiger charge is 2.27. The van der Waals surface area contributed by atoms with Gasteiger partial charge in [-0.1, -0.05) is 24.4 Å². The molecule has 1 aromatic carbocycles. The summed E-state index contributed by atoms with van der Waals surface area (Å²) >= 11 is 5.93. The number of nitrogens with zero attached hydrogens (tertiary/aromatic N) is 4. The van der Waals surface area contributed by atoms with Gasteiger partial charge in [0.1, 0.15) is 22.8 Å². The summed E-state index contributed by atoms with van der Waals surface area (Å²) in [5, 5.41) is 0.755. The Balaban J connectivity index is 1.29. The number of halogens is 1. The van der Waals surface area contributed by atoms with Gasteiger partial charge in [-0.2, -0.15) is 0 Å². The molecule has 3 aromatic rings. The summed E-state index contributed by atoms with van der Waals surface area (Å²) in [4.78, 5) is 24.1. The lowest BCUT2D eigenvalue weighted by molar-refractivity contribution is 0.0768. The van der Waals surface area contributed by atoms with Crippen molar-refractivity contribution >= 4 is 22.5 Å². The molecule has 1 saturated carbocycles. The van der Waals surface area contributed by atoms with Crippen molar-refractivity contribution in [1.29, 1.82) is 0 Å². The Hall–Kier alpha value is -2.44. The Bertz CT molecular complexity index is 1130. The van der Waals surface area contributed by atoms with Gasteiger partial charge in [-0.15, -0.1) is 0 Å². The Morgan fingerprint density at radius 1 is 1.06 bits per heavy atom. The topological polar surface area (TPSA) is 60.2 Å². The third-order valence-corrected chi connectivity index (χ3v) is 6.87. The standard InChI is InChI=1S/C24H27ClN4O2/c1-28-23(27-21-15-26-22(25)14-20(21)24(28)30)16-6-8-18(9-7-16)31-19-10-12-29(13-11-19)17-4-2-3-5-17/h6-9,14-15,17,19H,2-5,10-13H2,1H3. The van der Waals surface area contributed by atoms with E-state index in [1.54, 1.807) is 17.7 Å². The molecule has 6 nitrogen and oxygen atoms in total. The quantitative estimate of drug-likeness (QED) is 0.564. The second-order valence-electron chi connectivity index (χ2n) is 8.64. The van der Waals surface area contributed by atoms with Gasteiger partial charge in [0, 0.05) is 31.7 Å². The normalized spacial score (nSPS) is 18.6. The largest absolute Gasteiger partial charge is 0.490 e. The number of likely N-dealkylation sites (tertiary alicyclic amines) is 1. The maximum atomic E-state index is 12.7. The van der Waals surface area contributed by atoms with Crippen molar-refractivity contribution in [2.75, 3.05) is 13.1 Å². The first-order valence-corrected chi connectivity index (χ1v) is 11.5. The summed E-state index contributed by atoms with van der Waals surface area (Å²) in [5.74, 6) is 1.46. The lowest BCUT2D eigenvalue weighted by Gasteiger charge is -2.36. The van der Waals surface area contributed by atoms with E-state index in [2.05, 4.69) is 14.9 Å². The first kappa shape index (κ1) is 20.5. The number of fused-ring (bicyclic) bond motifs is 1. The molecule has 7 heteroatoms. The van der Waals surface area contributed by atoms with Crippen LogP contribution in [0.3, 0.4) is 0 Å². The van der Waals surface area contributed by atoms with Gasteiger partial charge in [-0.3, -0.25) is 9.36 Å². The second-order valence-corrected chi connectivity index (χ2v) is 9.03. The van der Waals surface area contributed by atoms with Crippen LogP contribution in [0.25, 0.3) is 22.3 Å². The molecule has 0 spiro atoms. The number of hydrogen-bond acceptors (Lipinski definition) is 5. The van der Waals surface area contributed by atoms with Crippen LogP contribution in [0.15, 0.2) is 41.3 Å². The van der Waals surface area contributed by atoms with Gasteiger partial charge in [-0.25, -0.2) is 9.97 Å². The summed E-state index contributed by atoms with van der Waals surface area (Å²) in [5.41, 5.74) is 1.26. The summed E-state index contributed by atoms with van der Waals surface area (Å²) in [6, 6.07) is 10.2. The fourth-order valence-electron chi connectivity index (χ4n) is 4.91. The highest BCUT2D eigenvalue weighted by molar-refractivity contribution is 6.30. The molecular formula is C24H27ClN4O2. The monoisotopic (exact) mass is 438 g/mol. The van der Waals surface area contributed by atoms with Crippen LogP contribution in [0, 0.1) is 0 Å². The third kappa shape index (κ3) is 4.19. The Morgan fingerprint density at radius 2 is 1.77 bits per heavy atom. The van der Waals surface area contributed by atoms with Gasteiger partial charge in [0.25, 0.3) is 5.56 Å². The Labute approximate surface area is 186 Å². The van der Waals surface area contributed by atoms with Crippen LogP contribution in [-0.4, -0.2) is 44.7 Å². The molecule has 1 saturated heterocycles. The van der Waals surface area contributed by atoms with Crippen LogP contribution >= 0.6 is 11.6 Å². The first-order chi connectivity index (χ1) is 15.1. The second kappa shape index (κ2) is 8.60. The number of rotatable bonds is 4. The molecule has 3 heterocycles. The molecule has 31 heavy (non-hydrogen) atoms. The molecule has 0 radical (unpaired) electrons. The molecule has 162 valence electrons. The third-order valence-electron chi connectivity index (χ3n) is 6.66. The molecule has 1 aliphatic heterocycles. The van der Waals surface area contributed by atoms with Crippen molar-refractivity contribution in [3.8, 4) is 17.1 Å². The highest BCUT2D eigenvalue weighted by Crippen LogP contribution is 2.28. The van der Waals surface area contributed by atoms with Gasteiger partial charge >= 0.3 is 0 Å². The van der Waals surface area contributed by atoms with Gasteiger partial charge in [0.2, 0.25) is 0 Å². The van der Waals surface area contributed by atoms with E-state index in [1.165, 1.54) is 31.9 Å². The molecule has 0 atom stereocenters. The molecule has 0 N–H and O–H groups in total. The molecule has 5 rings (SSSR count). The summed E-state index contributed by atoms with van der Waals surface area (Å²) in [6.45, 7) is 2.27. The number of pyridine rings is 1. The zero-order valence-electron chi connectivity index (χ0n) is 17.8. The molecule has 2 aromatic heterocycles. The van der Waals surface area contributed by atoms with E-state index in [9.17, 15) is 4.79 Å². The van der Waals surface area contributed by atoms with Crippen molar-refractivity contribution in [3.05, 3.63) is 52.0 Å². The number of piperidine rings is 1. The average Bonchev–Trinajstić information content (AvgIpc) is 3.33. The Morgan fingerprint density at radius 3 is 2.48 bits per heavy atom. The van der Waals surface area contributed by atoms with Crippen molar-refractivity contribution in [3.63, 3.8) is 0 Å². The van der Waals surface area contributed by atoms with Crippen molar-refractivity contribution in [1.82, 2.24) is 19.4 Å². The predicted octanol–water partition coefficient (Wildman–Crippen LogP) is 4.43. The minimum atomic E-state index is -0.140. The van der Waals surface area contributed by atoms with E-state index in [4.69, 9.17) is 16.3 Å². The molecule has 0 bridgehead atoms. The van der Waals surface area contributed by atoms with Crippen LogP contribution < -0.4 is 10.3 Å². The van der Waals surface area contributed by atoms with Gasteiger partial charge in [-0.05, 0) is 56.0 Å².